The number of amides is 8. The number of likely N-dealkylation sites (tertiary alicyclic amines) is 4. The summed E-state index contributed by atoms with van der Waals surface area (Å²) < 4.78 is 40.4. The van der Waals surface area contributed by atoms with E-state index in [4.69, 9.17) is 38.9 Å². The number of unbranched alkanes of at least 4 members (excludes halogenated alkanes) is 1. The zero-order valence-electron chi connectivity index (χ0n) is 87.7. The fraction of sp³-hybridized carbons (Fsp3) is 0.730. The Morgan fingerprint density at radius 3 is 1.31 bits per heavy atom. The smallest absolute Gasteiger partial charge is 0.317 e. The van der Waals surface area contributed by atoms with E-state index in [1.165, 1.54) is 145 Å². The first-order valence-electron chi connectivity index (χ1n) is 55.4. The number of rotatable bonds is 52. The Hall–Kier alpha value is -7.29. The van der Waals surface area contributed by atoms with Gasteiger partial charge < -0.3 is 101 Å². The molecule has 4 aliphatic heterocycles. The number of methoxy groups -OCH3 is 3. The van der Waals surface area contributed by atoms with Crippen molar-refractivity contribution in [1.82, 2.24) is 56.8 Å². The van der Waals surface area contributed by atoms with Crippen LogP contribution in [0.1, 0.15) is 316 Å². The van der Waals surface area contributed by atoms with Gasteiger partial charge in [-0.15, -0.1) is 6.58 Å². The molecule has 4 saturated heterocycles. The lowest BCUT2D eigenvalue weighted by atomic mass is 9.74. The zero-order valence-corrected chi connectivity index (χ0v) is 87.7. The number of likely N-dealkylation sites (N-methyl/N-ethyl adjacent to an activating group) is 2. The molecule has 786 valence electrons. The molecule has 0 unspecified atom stereocenters. The molecule has 12 atom stereocenters. The van der Waals surface area contributed by atoms with Gasteiger partial charge in [-0.1, -0.05) is 238 Å². The topological polar surface area (TPSA) is 300 Å². The van der Waals surface area contributed by atoms with Crippen molar-refractivity contribution in [3.8, 4) is 6.07 Å². The first-order valence-corrected chi connectivity index (χ1v) is 55.4. The quantitative estimate of drug-likeness (QED) is 0.0147. The summed E-state index contributed by atoms with van der Waals surface area (Å²) in [5, 5.41) is 44.9. The van der Waals surface area contributed by atoms with Crippen molar-refractivity contribution in [1.29, 1.82) is 5.26 Å². The fourth-order valence-electron chi connectivity index (χ4n) is 23.3. The number of aliphatic hydroxyl groups is 1. The average Bonchev–Trinajstić information content (AvgIpc) is 0.786. The van der Waals surface area contributed by atoms with Gasteiger partial charge in [-0.3, -0.25) is 0 Å². The van der Waals surface area contributed by atoms with Gasteiger partial charge in [0, 0.05) is 201 Å². The van der Waals surface area contributed by atoms with Crippen LogP contribution in [0, 0.1) is 58.7 Å². The van der Waals surface area contributed by atoms with Gasteiger partial charge in [0.2, 0.25) is 0 Å². The molecule has 4 aromatic carbocycles. The number of urea groups is 4. The highest BCUT2D eigenvalue weighted by Gasteiger charge is 2.43. The van der Waals surface area contributed by atoms with Crippen molar-refractivity contribution in [3.05, 3.63) is 155 Å². The number of nitrogens with two attached hydrogens (primary N) is 1. The van der Waals surface area contributed by atoms with Gasteiger partial charge >= 0.3 is 24.1 Å². The number of carbonyl (C=O) groups excluding carboxylic acids is 4. The van der Waals surface area contributed by atoms with Crippen LogP contribution < -0.4 is 43.0 Å². The van der Waals surface area contributed by atoms with Crippen molar-refractivity contribution >= 4 is 24.1 Å². The lowest BCUT2D eigenvalue weighted by Gasteiger charge is -2.43. The summed E-state index contributed by atoms with van der Waals surface area (Å²) in [6, 6.07) is 39.8. The van der Waals surface area contributed by atoms with Gasteiger partial charge in [0.1, 0.15) is 0 Å². The first-order chi connectivity index (χ1) is 68.6. The number of piperidine rings is 4. The van der Waals surface area contributed by atoms with E-state index in [1.54, 1.807) is 21.3 Å². The number of nitriles is 1. The molecule has 4 aliphatic carbocycles. The highest BCUT2D eigenvalue weighted by molar-refractivity contribution is 5.76. The second kappa shape index (κ2) is 68.9. The molecule has 10 N–H and O–H groups in total. The van der Waals surface area contributed by atoms with E-state index in [1.807, 2.05) is 107 Å². The number of carbonyl (C=O) groups is 4. The average molecular weight is 1950 g/mol. The summed E-state index contributed by atoms with van der Waals surface area (Å²) in [4.78, 5) is 61.3. The Morgan fingerprint density at radius 2 is 0.871 bits per heavy atom. The van der Waals surface area contributed by atoms with Crippen molar-refractivity contribution < 1.29 is 57.4 Å². The van der Waals surface area contributed by atoms with Crippen LogP contribution >= 0.6 is 0 Å². The van der Waals surface area contributed by atoms with Crippen molar-refractivity contribution in [2.24, 2.45) is 53.1 Å². The summed E-state index contributed by atoms with van der Waals surface area (Å²) in [7, 11) is 9.06. The third-order valence-electron chi connectivity index (χ3n) is 30.7. The van der Waals surface area contributed by atoms with Crippen molar-refractivity contribution in [2.75, 3.05) is 173 Å². The maximum Gasteiger partial charge on any atom is 0.317 e. The molecule has 8 fully saturated rings. The van der Waals surface area contributed by atoms with Crippen LogP contribution in [0.25, 0.3) is 0 Å². The Labute approximate surface area is 845 Å². The maximum atomic E-state index is 13.4. The predicted molar refractivity (Wildman–Crippen MR) is 565 cm³/mol. The van der Waals surface area contributed by atoms with Crippen molar-refractivity contribution in [2.45, 2.75) is 319 Å². The summed E-state index contributed by atoms with van der Waals surface area (Å²) in [6.07, 6.45) is 47.2. The van der Waals surface area contributed by atoms with Crippen LogP contribution in [0.4, 0.5) is 19.2 Å². The normalized spacial score (nSPS) is 21.1. The SMILES string of the molecule is C=CCc1ccccc1[C@H](OCCCOC)[C@@H]1CCCN(C(=O)N[C@H](CN)CC2CCCCC2)C1.CCCNC[C@H](CC1CCCCC1)NC(=O)N1CCC[C@@H]([C@@H](OCCCOC)c2ccccc2)C1.CCOCCCC[C@@](O)(c1ccccc1)[C@@H]1CCCN(C(=O)N[C@H](CNC)CC2CCCCC2)C1.CNC[C@H](CC1CCCCC1)NC(=O)N1CCC[C@@H]([C@@H](OCCCOC)c2cccc(C#N)c2)C1. The van der Waals surface area contributed by atoms with E-state index < -0.39 is 5.60 Å². The van der Waals surface area contributed by atoms with Crippen LogP contribution in [0.5, 0.6) is 0 Å². The van der Waals surface area contributed by atoms with E-state index in [0.717, 1.165) is 217 Å². The second-order valence-corrected chi connectivity index (χ2v) is 41.6. The highest BCUT2D eigenvalue weighted by atomic mass is 16.5. The molecule has 0 aromatic heterocycles. The fourth-order valence-corrected chi connectivity index (χ4v) is 23.3. The van der Waals surface area contributed by atoms with Gasteiger partial charge in [0.25, 0.3) is 0 Å². The molecule has 25 nitrogen and oxygen atoms in total. The lowest BCUT2D eigenvalue weighted by molar-refractivity contribution is -0.0566. The van der Waals surface area contributed by atoms with Gasteiger partial charge in [0.05, 0.1) is 35.5 Å². The van der Waals surface area contributed by atoms with E-state index in [9.17, 15) is 29.5 Å². The number of nitrogens with zero attached hydrogens (tertiary/aromatic N) is 5. The molecule has 8 amide bonds. The van der Waals surface area contributed by atoms with Crippen LogP contribution in [0.3, 0.4) is 0 Å². The third-order valence-corrected chi connectivity index (χ3v) is 30.7. The Morgan fingerprint density at radius 1 is 0.464 bits per heavy atom. The summed E-state index contributed by atoms with van der Waals surface area (Å²) in [6.45, 7) is 23.3. The standard InChI is InChI=1S/2C29H49N3O3.C29H47N3O3.C28H44N4O3/c1-3-17-30-22-27(21-24-12-6-4-7-13-24)31-29(33)32-18-10-16-26(23-32)28(35-20-11-19-34-2)25-14-8-5-9-15-25;1-3-35-20-11-10-18-29(34,25-15-8-5-9-16-25)26-17-12-19-32(23-26)28(33)31-27(22-30-2)21-24-13-6-4-7-14-24;1-3-11-24-14-7-8-16-27(24)28(35-19-10-18-34-2)25-15-9-17-32(22-25)29(33)31-26(21-30)20-23-12-5-4-6-13-23;1-30-20-26(18-22-9-4-3-5-10-22)31-28(33)32-14-7-13-25(21-32)27(35-16-8-15-34-2)24-12-6-11-23(17-24)19-29/h5,8-9,14-15,24,26-28,30H,3-4,6-7,10-13,16-23H2,1-2H3,(H,31,33);5,8-9,15-16,24,26-27,30,34H,3-4,6-7,10-14,17-23H2,1-2H3,(H,31,33);3,7-8,14,16,23,25-26,28H,1,4-6,9-13,15,17-22,30H2,2H3,(H,31,33);6,11-12,17,22,25-27,30H,3-5,7-10,13-16,18,20-21H2,1-2H3,(H,31,33)/t26-,27+,28+;26-,27+,29-;25-,26+,28-;25-,26+,27+/m1111/s1. The Balaban J connectivity index is 0.000000209. The number of allylic oxidation sites excluding steroid dienone is 1. The summed E-state index contributed by atoms with van der Waals surface area (Å²) in [5.41, 5.74) is 11.4. The van der Waals surface area contributed by atoms with Crippen molar-refractivity contribution in [3.63, 3.8) is 0 Å². The first kappa shape index (κ1) is 116. The molecule has 4 aromatic rings. The lowest BCUT2D eigenvalue weighted by Crippen LogP contribution is -2.54. The highest BCUT2D eigenvalue weighted by Crippen LogP contribution is 2.43. The zero-order chi connectivity index (χ0) is 99.4. The minimum absolute atomic E-state index is 0.00733. The molecule has 0 bridgehead atoms. The number of ether oxygens (including phenoxy) is 7. The molecule has 25 heteroatoms. The largest absolute Gasteiger partial charge is 0.385 e. The third kappa shape index (κ3) is 41.7. The monoisotopic (exact) mass is 1940 g/mol. The molecular weight excluding hydrogens is 1760 g/mol. The molecular formula is C115H189N13O12. The molecule has 8 aliphatic rings. The van der Waals surface area contributed by atoms with E-state index in [2.05, 4.69) is 105 Å². The Bertz CT molecular complexity index is 4000. The molecule has 0 spiro atoms. The number of nitrogens with one attached hydrogen (secondary N) is 7. The number of benzene rings is 4. The minimum atomic E-state index is -0.932. The predicted octanol–water partition coefficient (Wildman–Crippen LogP) is 20.5. The van der Waals surface area contributed by atoms with E-state index >= 15 is 0 Å². The number of hydrogen-bond acceptors (Lipinski definition) is 17. The van der Waals surface area contributed by atoms with Crippen LogP contribution in [-0.4, -0.2) is 246 Å². The maximum absolute atomic E-state index is 13.4. The van der Waals surface area contributed by atoms with Gasteiger partial charge in [0.15, 0.2) is 0 Å². The molecule has 4 heterocycles. The summed E-state index contributed by atoms with van der Waals surface area (Å²) >= 11 is 0. The van der Waals surface area contributed by atoms with Gasteiger partial charge in [-0.25, -0.2) is 19.2 Å². The Kier molecular flexibility index (Phi) is 57.2. The number of hydrogen-bond donors (Lipinski definition) is 9. The molecule has 4 saturated carbocycles. The summed E-state index contributed by atoms with van der Waals surface area (Å²) in [5.74, 6) is 3.63. The van der Waals surface area contributed by atoms with Crippen LogP contribution in [0.2, 0.25) is 0 Å². The van der Waals surface area contributed by atoms with Gasteiger partial charge in [-0.2, -0.15) is 5.26 Å². The van der Waals surface area contributed by atoms with E-state index in [-0.39, 0.29) is 84.4 Å². The van der Waals surface area contributed by atoms with Crippen LogP contribution in [0.15, 0.2) is 122 Å². The minimum Gasteiger partial charge on any atom is -0.385 e. The second-order valence-electron chi connectivity index (χ2n) is 41.6. The van der Waals surface area contributed by atoms with Crippen LogP contribution in [-0.2, 0) is 45.2 Å². The molecule has 140 heavy (non-hydrogen) atoms. The molecule has 12 rings (SSSR count). The van der Waals surface area contributed by atoms with E-state index in [0.29, 0.717) is 95.6 Å². The van der Waals surface area contributed by atoms with Gasteiger partial charge in [-0.05, 0) is 220 Å². The molecule has 0 radical (unpaired) electrons.